The molecule has 0 saturated carbocycles. The third-order valence-corrected chi connectivity index (χ3v) is 1.73. The van der Waals surface area contributed by atoms with Gasteiger partial charge in [0.05, 0.1) is 0 Å². The second-order valence-corrected chi connectivity index (χ2v) is 3.45. The van der Waals surface area contributed by atoms with Gasteiger partial charge in [-0.25, -0.2) is 4.79 Å². The number of amides is 3. The Labute approximate surface area is 99.3 Å². The van der Waals surface area contributed by atoms with Gasteiger partial charge in [0.1, 0.15) is 0 Å². The number of urea groups is 1. The lowest BCUT2D eigenvalue weighted by Gasteiger charge is -2.19. The van der Waals surface area contributed by atoms with Crippen molar-refractivity contribution in [2.45, 2.75) is 12.1 Å². The molecule has 2 N–H and O–H groups in total. The van der Waals surface area contributed by atoms with Gasteiger partial charge >= 0.3 is 18.1 Å². The van der Waals surface area contributed by atoms with Gasteiger partial charge in [-0.1, -0.05) is 0 Å². The lowest BCUT2D eigenvalue weighted by atomic mass is 10.3. The third kappa shape index (κ3) is 4.34. The van der Waals surface area contributed by atoms with Crippen LogP contribution in [0.3, 0.4) is 0 Å². The Hall–Kier alpha value is -1.61. The molecule has 0 bridgehead atoms. The van der Waals surface area contributed by atoms with E-state index in [1.807, 2.05) is 0 Å². The quantitative estimate of drug-likeness (QED) is 0.583. The Kier molecular flexibility index (Phi) is 5.30. The topological polar surface area (TPSA) is 61.4 Å². The minimum Gasteiger partial charge on any atom is -0.349 e. The molecular weight excluding hydrogens is 265 g/mol. The van der Waals surface area contributed by atoms with Crippen molar-refractivity contribution in [1.82, 2.24) is 15.5 Å². The van der Waals surface area contributed by atoms with Gasteiger partial charge in [-0.05, 0) is 0 Å². The molecule has 0 radical (unpaired) electrons. The lowest BCUT2D eigenvalue weighted by molar-refractivity contribution is -0.269. The largest absolute Gasteiger partial charge is 0.463 e. The molecule has 0 spiro atoms. The molecule has 106 valence electrons. The van der Waals surface area contributed by atoms with Gasteiger partial charge in [0.2, 0.25) is 0 Å². The Morgan fingerprint density at radius 2 is 1.44 bits per heavy atom. The summed E-state index contributed by atoms with van der Waals surface area (Å²) in [4.78, 5) is 22.6. The first-order valence-corrected chi connectivity index (χ1v) is 4.68. The third-order valence-electron chi connectivity index (χ3n) is 1.73. The summed E-state index contributed by atoms with van der Waals surface area (Å²) in [6.45, 7) is -0.805. The molecule has 0 heterocycles. The van der Waals surface area contributed by atoms with Crippen molar-refractivity contribution in [2.75, 3.05) is 27.2 Å². The van der Waals surface area contributed by atoms with Crippen LogP contribution in [0.15, 0.2) is 0 Å². The van der Waals surface area contributed by atoms with Crippen LogP contribution in [0, 0.1) is 0 Å². The first-order chi connectivity index (χ1) is 8.00. The number of nitrogens with zero attached hydrogens (tertiary/aromatic N) is 1. The van der Waals surface area contributed by atoms with Crippen LogP contribution in [0.1, 0.15) is 0 Å². The van der Waals surface area contributed by atoms with E-state index in [-0.39, 0.29) is 6.54 Å². The van der Waals surface area contributed by atoms with Crippen molar-refractivity contribution in [3.63, 3.8) is 0 Å². The van der Waals surface area contributed by atoms with Crippen molar-refractivity contribution in [1.29, 1.82) is 0 Å². The predicted octanol–water partition coefficient (Wildman–Crippen LogP) is 0.571. The molecule has 0 unspecified atom stereocenters. The van der Waals surface area contributed by atoms with Gasteiger partial charge in [0.25, 0.3) is 5.91 Å². The van der Waals surface area contributed by atoms with E-state index in [1.54, 1.807) is 0 Å². The molecule has 0 fully saturated rings. The first-order valence-electron chi connectivity index (χ1n) is 4.68. The molecule has 0 aliphatic carbocycles. The normalized spacial score (nSPS) is 11.9. The van der Waals surface area contributed by atoms with E-state index in [9.17, 15) is 31.5 Å². The molecule has 0 aromatic rings. The van der Waals surface area contributed by atoms with E-state index in [0.717, 1.165) is 4.90 Å². The van der Waals surface area contributed by atoms with E-state index in [1.165, 1.54) is 19.4 Å². The fraction of sp³-hybridized carbons (Fsp3) is 0.750. The number of halogens is 5. The minimum atomic E-state index is -5.94. The van der Waals surface area contributed by atoms with Gasteiger partial charge in [0.15, 0.2) is 0 Å². The highest BCUT2D eigenvalue weighted by Crippen LogP contribution is 2.35. The minimum absolute atomic E-state index is 0.267. The van der Waals surface area contributed by atoms with Gasteiger partial charge < -0.3 is 15.5 Å². The maximum absolute atomic E-state index is 12.4. The highest BCUT2D eigenvalue weighted by atomic mass is 19.4. The van der Waals surface area contributed by atoms with Crippen LogP contribution in [-0.4, -0.2) is 56.1 Å². The molecule has 0 aliphatic rings. The van der Waals surface area contributed by atoms with Crippen LogP contribution in [0.4, 0.5) is 26.7 Å². The lowest BCUT2D eigenvalue weighted by Crippen LogP contribution is -2.51. The van der Waals surface area contributed by atoms with E-state index in [0.29, 0.717) is 0 Å². The summed E-state index contributed by atoms with van der Waals surface area (Å²) in [5, 5.41) is 3.56. The molecule has 0 aromatic carbocycles. The van der Waals surface area contributed by atoms with Crippen LogP contribution in [0.2, 0.25) is 0 Å². The summed E-state index contributed by atoms with van der Waals surface area (Å²) in [5.74, 6) is -7.90. The van der Waals surface area contributed by atoms with Crippen LogP contribution in [-0.2, 0) is 4.79 Å². The van der Waals surface area contributed by atoms with Crippen LogP contribution < -0.4 is 10.6 Å². The van der Waals surface area contributed by atoms with E-state index < -0.39 is 30.6 Å². The average molecular weight is 277 g/mol. The molecule has 3 amide bonds. The maximum Gasteiger partial charge on any atom is 0.463 e. The number of carbonyl (C=O) groups excluding carboxylic acids is 2. The van der Waals surface area contributed by atoms with Crippen LogP contribution in [0.25, 0.3) is 0 Å². The molecule has 0 atom stereocenters. The number of alkyl halides is 5. The number of hydrogen-bond donors (Lipinski definition) is 2. The molecule has 0 saturated heterocycles. The smallest absolute Gasteiger partial charge is 0.349 e. The van der Waals surface area contributed by atoms with E-state index in [4.69, 9.17) is 0 Å². The van der Waals surface area contributed by atoms with Gasteiger partial charge in [0, 0.05) is 27.2 Å². The number of carbonyl (C=O) groups is 2. The second kappa shape index (κ2) is 5.83. The Morgan fingerprint density at radius 3 is 1.83 bits per heavy atom. The van der Waals surface area contributed by atoms with E-state index in [2.05, 4.69) is 5.32 Å². The Balaban J connectivity index is 4.10. The van der Waals surface area contributed by atoms with Crippen molar-refractivity contribution in [2.24, 2.45) is 0 Å². The summed E-state index contributed by atoms with van der Waals surface area (Å²) < 4.78 is 60.0. The fourth-order valence-corrected chi connectivity index (χ4v) is 0.743. The summed E-state index contributed by atoms with van der Waals surface area (Å²) in [7, 11) is 2.82. The summed E-state index contributed by atoms with van der Waals surface area (Å²) in [6.07, 6.45) is -5.94. The van der Waals surface area contributed by atoms with Crippen LogP contribution >= 0.6 is 0 Å². The zero-order valence-corrected chi connectivity index (χ0v) is 9.57. The molecule has 0 aromatic heterocycles. The van der Waals surface area contributed by atoms with Crippen molar-refractivity contribution in [3.8, 4) is 0 Å². The standard InChI is InChI=1S/C8H12F5N3O2/c1-16(2)6(18)15-4-3-14-5(17)7(9,10)8(11,12)13/h3-4H2,1-2H3,(H,14,17)(H,15,18). The number of rotatable bonds is 4. The zero-order valence-electron chi connectivity index (χ0n) is 9.57. The SMILES string of the molecule is CN(C)C(=O)NCCNC(=O)C(F)(F)C(F)(F)F. The second-order valence-electron chi connectivity index (χ2n) is 3.45. The fourth-order valence-electron chi connectivity index (χ4n) is 0.743. The summed E-state index contributed by atoms with van der Waals surface area (Å²) in [5.41, 5.74) is 0. The predicted molar refractivity (Wildman–Crippen MR) is 51.1 cm³/mol. The van der Waals surface area contributed by atoms with Gasteiger partial charge in [-0.2, -0.15) is 22.0 Å². The highest BCUT2D eigenvalue weighted by molar-refractivity contribution is 5.84. The highest BCUT2D eigenvalue weighted by Gasteiger charge is 2.63. The molecule has 10 heteroatoms. The number of nitrogens with one attached hydrogen (secondary N) is 2. The Bertz CT molecular complexity index is 316. The van der Waals surface area contributed by atoms with Crippen LogP contribution in [0.5, 0.6) is 0 Å². The zero-order chi connectivity index (χ0) is 14.6. The summed E-state index contributed by atoms with van der Waals surface area (Å²) >= 11 is 0. The van der Waals surface area contributed by atoms with Gasteiger partial charge in [-0.15, -0.1) is 0 Å². The molecule has 0 rings (SSSR count). The van der Waals surface area contributed by atoms with Crippen molar-refractivity contribution in [3.05, 3.63) is 0 Å². The summed E-state index contributed by atoms with van der Waals surface area (Å²) in [6, 6.07) is -0.563. The Morgan fingerprint density at radius 1 is 1.00 bits per heavy atom. The molecular formula is C8H12F5N3O2. The molecule has 18 heavy (non-hydrogen) atoms. The van der Waals surface area contributed by atoms with Gasteiger partial charge in [-0.3, -0.25) is 4.79 Å². The molecule has 0 aliphatic heterocycles. The number of hydrogen-bond acceptors (Lipinski definition) is 2. The maximum atomic E-state index is 12.4. The first kappa shape index (κ1) is 16.4. The monoisotopic (exact) mass is 277 g/mol. The average Bonchev–Trinajstić information content (AvgIpc) is 2.21. The van der Waals surface area contributed by atoms with Crippen molar-refractivity contribution >= 4 is 11.9 Å². The molecule has 5 nitrogen and oxygen atoms in total. The van der Waals surface area contributed by atoms with E-state index >= 15 is 0 Å². The van der Waals surface area contributed by atoms with Crippen molar-refractivity contribution < 1.29 is 31.5 Å².